The molecular formula is C16H19ClN2O2. The van der Waals surface area contributed by atoms with Gasteiger partial charge in [0.25, 0.3) is 5.91 Å². The molecule has 2 aromatic rings. The van der Waals surface area contributed by atoms with Gasteiger partial charge in [-0.1, -0.05) is 49.7 Å². The normalized spacial score (nSPS) is 11.5. The first kappa shape index (κ1) is 15.6. The molecule has 4 nitrogen and oxygen atoms in total. The molecule has 0 atom stereocenters. The lowest BCUT2D eigenvalue weighted by Gasteiger charge is -2.16. The maximum atomic E-state index is 12.4. The smallest absolute Gasteiger partial charge is 0.257 e. The van der Waals surface area contributed by atoms with E-state index >= 15 is 0 Å². The molecule has 1 N–H and O–H groups in total. The minimum atomic E-state index is -0.245. The second-order valence-corrected chi connectivity index (χ2v) is 6.46. The van der Waals surface area contributed by atoms with Crippen LogP contribution in [0.1, 0.15) is 48.1 Å². The number of halogens is 1. The molecule has 0 radical (unpaired) electrons. The maximum Gasteiger partial charge on any atom is 0.257 e. The molecule has 0 spiro atoms. The first-order valence-electron chi connectivity index (χ1n) is 6.78. The highest BCUT2D eigenvalue weighted by atomic mass is 35.5. The van der Waals surface area contributed by atoms with Gasteiger partial charge in [-0.05, 0) is 24.6 Å². The fourth-order valence-electron chi connectivity index (χ4n) is 2.02. The van der Waals surface area contributed by atoms with Crippen molar-refractivity contribution in [3.63, 3.8) is 0 Å². The zero-order valence-corrected chi connectivity index (χ0v) is 13.4. The van der Waals surface area contributed by atoms with Crippen molar-refractivity contribution in [3.05, 3.63) is 51.9 Å². The molecule has 5 heteroatoms. The Kier molecular flexibility index (Phi) is 4.37. The quantitative estimate of drug-likeness (QED) is 0.936. The summed E-state index contributed by atoms with van der Waals surface area (Å²) in [4.78, 5) is 12.4. The number of nitrogens with zero attached hydrogens (tertiary/aromatic N) is 1. The molecule has 0 unspecified atom stereocenters. The fraction of sp³-hybridized carbons (Fsp3) is 0.375. The number of nitrogens with one attached hydrogen (secondary N) is 1. The molecule has 0 saturated heterocycles. The lowest BCUT2D eigenvalue weighted by Crippen LogP contribution is -2.27. The van der Waals surface area contributed by atoms with E-state index in [1.165, 1.54) is 0 Å². The van der Waals surface area contributed by atoms with Gasteiger partial charge in [-0.25, -0.2) is 0 Å². The van der Waals surface area contributed by atoms with Crippen LogP contribution in [0.5, 0.6) is 0 Å². The number of amides is 1. The monoisotopic (exact) mass is 306 g/mol. The summed E-state index contributed by atoms with van der Waals surface area (Å²) in [5.41, 5.74) is 1.94. The highest BCUT2D eigenvalue weighted by Gasteiger charge is 2.28. The Morgan fingerprint density at radius 3 is 2.48 bits per heavy atom. The SMILES string of the molecule is Cc1onc(C(C)(C)C)c1C(=O)NCc1ccc(Cl)cc1. The Balaban J connectivity index is 2.14. The number of aromatic nitrogens is 1. The third-order valence-corrected chi connectivity index (χ3v) is 3.42. The van der Waals surface area contributed by atoms with Gasteiger partial charge in [0.05, 0.1) is 0 Å². The second kappa shape index (κ2) is 5.90. The first-order valence-corrected chi connectivity index (χ1v) is 7.16. The molecule has 1 heterocycles. The first-order chi connectivity index (χ1) is 9.79. The lowest BCUT2D eigenvalue weighted by atomic mass is 9.88. The summed E-state index contributed by atoms with van der Waals surface area (Å²) in [6.07, 6.45) is 0. The van der Waals surface area contributed by atoms with Gasteiger partial charge in [0.1, 0.15) is 17.0 Å². The zero-order chi connectivity index (χ0) is 15.6. The zero-order valence-electron chi connectivity index (χ0n) is 12.7. The van der Waals surface area contributed by atoms with Crippen LogP contribution in [0.25, 0.3) is 0 Å². The molecule has 0 aliphatic rings. The van der Waals surface area contributed by atoms with Crippen LogP contribution >= 0.6 is 11.6 Å². The molecule has 0 bridgehead atoms. The summed E-state index contributed by atoms with van der Waals surface area (Å²) in [6, 6.07) is 7.37. The molecule has 0 aliphatic carbocycles. The largest absolute Gasteiger partial charge is 0.361 e. The summed E-state index contributed by atoms with van der Waals surface area (Å²) in [7, 11) is 0. The van der Waals surface area contributed by atoms with Gasteiger partial charge >= 0.3 is 0 Å². The highest BCUT2D eigenvalue weighted by molar-refractivity contribution is 6.30. The molecule has 1 aromatic carbocycles. The molecule has 2 rings (SSSR count). The van der Waals surface area contributed by atoms with Gasteiger partial charge in [-0.15, -0.1) is 0 Å². The predicted molar refractivity (Wildman–Crippen MR) is 82.6 cm³/mol. The molecule has 1 aromatic heterocycles. The van der Waals surface area contributed by atoms with Crippen LogP contribution in [-0.4, -0.2) is 11.1 Å². The van der Waals surface area contributed by atoms with E-state index in [4.69, 9.17) is 16.1 Å². The summed E-state index contributed by atoms with van der Waals surface area (Å²) in [6.45, 7) is 8.18. The van der Waals surface area contributed by atoms with E-state index in [9.17, 15) is 4.79 Å². The molecule has 0 aliphatic heterocycles. The summed E-state index contributed by atoms with van der Waals surface area (Å²) in [5.74, 6) is 0.363. The minimum Gasteiger partial charge on any atom is -0.361 e. The van der Waals surface area contributed by atoms with E-state index in [1.807, 2.05) is 32.9 Å². The molecule has 0 saturated carbocycles. The number of benzene rings is 1. The van der Waals surface area contributed by atoms with E-state index in [-0.39, 0.29) is 11.3 Å². The van der Waals surface area contributed by atoms with E-state index in [0.717, 1.165) is 5.56 Å². The van der Waals surface area contributed by atoms with Crippen molar-refractivity contribution in [1.29, 1.82) is 0 Å². The van der Waals surface area contributed by atoms with Gasteiger partial charge in [0.15, 0.2) is 0 Å². The minimum absolute atomic E-state index is 0.173. The van der Waals surface area contributed by atoms with E-state index in [0.29, 0.717) is 28.6 Å². The number of aryl methyl sites for hydroxylation is 1. The molecule has 21 heavy (non-hydrogen) atoms. The average molecular weight is 307 g/mol. The fourth-order valence-corrected chi connectivity index (χ4v) is 2.15. The Morgan fingerprint density at radius 2 is 1.90 bits per heavy atom. The predicted octanol–water partition coefficient (Wildman–Crippen LogP) is 3.86. The van der Waals surface area contributed by atoms with E-state index in [1.54, 1.807) is 19.1 Å². The summed E-state index contributed by atoms with van der Waals surface area (Å²) < 4.78 is 5.18. The van der Waals surface area contributed by atoms with Gasteiger partial charge in [0, 0.05) is 17.0 Å². The van der Waals surface area contributed by atoms with Crippen LogP contribution in [0.15, 0.2) is 28.8 Å². The van der Waals surface area contributed by atoms with E-state index < -0.39 is 0 Å². The Hall–Kier alpha value is -1.81. The van der Waals surface area contributed by atoms with Gasteiger partial charge in [-0.2, -0.15) is 0 Å². The van der Waals surface area contributed by atoms with Crippen molar-refractivity contribution < 1.29 is 9.32 Å². The topological polar surface area (TPSA) is 55.1 Å². The molecule has 0 fully saturated rings. The van der Waals surface area contributed by atoms with Crippen molar-refractivity contribution in [3.8, 4) is 0 Å². The van der Waals surface area contributed by atoms with Crippen LogP contribution in [0.3, 0.4) is 0 Å². The summed E-state index contributed by atoms with van der Waals surface area (Å²) >= 11 is 5.84. The molecule has 112 valence electrons. The standard InChI is InChI=1S/C16H19ClN2O2/c1-10-13(14(19-21-10)16(2,3)4)15(20)18-9-11-5-7-12(17)8-6-11/h5-8H,9H2,1-4H3,(H,18,20). The lowest BCUT2D eigenvalue weighted by molar-refractivity contribution is 0.0947. The Morgan fingerprint density at radius 1 is 1.29 bits per heavy atom. The maximum absolute atomic E-state index is 12.4. The third kappa shape index (κ3) is 3.64. The molecule has 1 amide bonds. The van der Waals surface area contributed by atoms with Crippen molar-refractivity contribution in [2.45, 2.75) is 39.7 Å². The van der Waals surface area contributed by atoms with Crippen molar-refractivity contribution in [1.82, 2.24) is 10.5 Å². The van der Waals surface area contributed by atoms with Crippen LogP contribution < -0.4 is 5.32 Å². The Labute approximate surface area is 129 Å². The van der Waals surface area contributed by atoms with Crippen LogP contribution in [-0.2, 0) is 12.0 Å². The average Bonchev–Trinajstić information content (AvgIpc) is 2.80. The summed E-state index contributed by atoms with van der Waals surface area (Å²) in [5, 5.41) is 7.59. The third-order valence-electron chi connectivity index (χ3n) is 3.17. The van der Waals surface area contributed by atoms with Crippen molar-refractivity contribution in [2.24, 2.45) is 0 Å². The van der Waals surface area contributed by atoms with Crippen molar-refractivity contribution >= 4 is 17.5 Å². The Bertz CT molecular complexity index is 639. The number of hydrogen-bond acceptors (Lipinski definition) is 3. The second-order valence-electron chi connectivity index (χ2n) is 6.02. The van der Waals surface area contributed by atoms with Crippen LogP contribution in [0.4, 0.5) is 0 Å². The molecular weight excluding hydrogens is 288 g/mol. The van der Waals surface area contributed by atoms with Crippen LogP contribution in [0.2, 0.25) is 5.02 Å². The number of carbonyl (C=O) groups is 1. The number of hydrogen-bond donors (Lipinski definition) is 1. The van der Waals surface area contributed by atoms with Gasteiger partial charge < -0.3 is 9.84 Å². The number of carbonyl (C=O) groups excluding carboxylic acids is 1. The van der Waals surface area contributed by atoms with Crippen molar-refractivity contribution in [2.75, 3.05) is 0 Å². The van der Waals surface area contributed by atoms with Gasteiger partial charge in [-0.3, -0.25) is 4.79 Å². The highest BCUT2D eigenvalue weighted by Crippen LogP contribution is 2.26. The number of rotatable bonds is 3. The van der Waals surface area contributed by atoms with Gasteiger partial charge in [0.2, 0.25) is 0 Å². The van der Waals surface area contributed by atoms with E-state index in [2.05, 4.69) is 10.5 Å². The van der Waals surface area contributed by atoms with Crippen LogP contribution in [0, 0.1) is 6.92 Å².